The summed E-state index contributed by atoms with van der Waals surface area (Å²) >= 11 is 0. The number of hydrogen-bond acceptors (Lipinski definition) is 5. The zero-order chi connectivity index (χ0) is 28.7. The van der Waals surface area contributed by atoms with Crippen LogP contribution in [0.1, 0.15) is 73.4 Å². The number of amides is 2. The SMILES string of the molecule is CCOC(=O)/C(C)=C/[C@H](C(C)C)N(C)C(=O)[C@@H](NC(=O)[C@@H](NC)C(C)(C)c1ccccc1C)C(C)(C)C. The highest BCUT2D eigenvalue weighted by atomic mass is 16.5. The predicted molar refractivity (Wildman–Crippen MR) is 150 cm³/mol. The number of rotatable bonds is 11. The van der Waals surface area contributed by atoms with Gasteiger partial charge in [0.1, 0.15) is 6.04 Å². The summed E-state index contributed by atoms with van der Waals surface area (Å²) in [5.41, 5.74) is 1.55. The van der Waals surface area contributed by atoms with Crippen molar-refractivity contribution in [1.82, 2.24) is 15.5 Å². The number of benzene rings is 1. The molecule has 0 unspecified atom stereocenters. The van der Waals surface area contributed by atoms with Crippen LogP contribution in [0.4, 0.5) is 0 Å². The molecule has 1 aromatic carbocycles. The summed E-state index contributed by atoms with van der Waals surface area (Å²) in [6, 6.07) is 6.35. The van der Waals surface area contributed by atoms with Crippen LogP contribution in [0.2, 0.25) is 0 Å². The summed E-state index contributed by atoms with van der Waals surface area (Å²) < 4.78 is 5.12. The molecule has 208 valence electrons. The third-order valence-electron chi connectivity index (χ3n) is 7.01. The Kier molecular flexibility index (Phi) is 11.6. The van der Waals surface area contributed by atoms with Crippen molar-refractivity contribution in [3.8, 4) is 0 Å². The average molecular weight is 516 g/mol. The fourth-order valence-electron chi connectivity index (χ4n) is 4.82. The van der Waals surface area contributed by atoms with Crippen molar-refractivity contribution < 1.29 is 19.1 Å². The van der Waals surface area contributed by atoms with Gasteiger partial charge in [-0.1, -0.05) is 78.8 Å². The number of ether oxygens (including phenoxy) is 1. The van der Waals surface area contributed by atoms with Crippen LogP contribution in [0.15, 0.2) is 35.9 Å². The normalized spacial score (nSPS) is 15.1. The van der Waals surface area contributed by atoms with E-state index in [1.807, 2.05) is 79.7 Å². The number of nitrogens with one attached hydrogen (secondary N) is 2. The van der Waals surface area contributed by atoms with Crippen LogP contribution < -0.4 is 10.6 Å². The maximum atomic E-state index is 13.9. The lowest BCUT2D eigenvalue weighted by molar-refractivity contribution is -0.141. The van der Waals surface area contributed by atoms with Crippen molar-refractivity contribution in [3.05, 3.63) is 47.0 Å². The molecule has 0 aliphatic heterocycles. The summed E-state index contributed by atoms with van der Waals surface area (Å²) in [5.74, 6) is -0.808. The van der Waals surface area contributed by atoms with Gasteiger partial charge in [0.05, 0.1) is 18.7 Å². The van der Waals surface area contributed by atoms with E-state index in [-0.39, 0.29) is 30.4 Å². The lowest BCUT2D eigenvalue weighted by Crippen LogP contribution is -2.61. The number of carbonyl (C=O) groups excluding carboxylic acids is 3. The van der Waals surface area contributed by atoms with Gasteiger partial charge in [0.15, 0.2) is 0 Å². The zero-order valence-electron chi connectivity index (χ0n) is 25.0. The van der Waals surface area contributed by atoms with E-state index in [0.29, 0.717) is 5.57 Å². The van der Waals surface area contributed by atoms with Gasteiger partial charge in [-0.05, 0) is 50.3 Å². The molecule has 0 saturated carbocycles. The molecule has 7 heteroatoms. The van der Waals surface area contributed by atoms with Crippen molar-refractivity contribution in [3.63, 3.8) is 0 Å². The molecule has 1 rings (SSSR count). The maximum Gasteiger partial charge on any atom is 0.333 e. The second-order valence-corrected chi connectivity index (χ2v) is 11.8. The summed E-state index contributed by atoms with van der Waals surface area (Å²) in [6.07, 6.45) is 1.78. The summed E-state index contributed by atoms with van der Waals surface area (Å²) in [7, 11) is 3.49. The Balaban J connectivity index is 3.33. The quantitative estimate of drug-likeness (QED) is 0.337. The molecule has 0 spiro atoms. The molecule has 0 radical (unpaired) electrons. The van der Waals surface area contributed by atoms with E-state index in [1.165, 1.54) is 0 Å². The van der Waals surface area contributed by atoms with Gasteiger partial charge < -0.3 is 20.3 Å². The average Bonchev–Trinajstić information content (AvgIpc) is 2.79. The molecule has 1 aromatic rings. The smallest absolute Gasteiger partial charge is 0.333 e. The minimum Gasteiger partial charge on any atom is -0.463 e. The molecular weight excluding hydrogens is 466 g/mol. The summed E-state index contributed by atoms with van der Waals surface area (Å²) in [4.78, 5) is 41.4. The molecule has 3 atom stereocenters. The zero-order valence-corrected chi connectivity index (χ0v) is 25.0. The fourth-order valence-corrected chi connectivity index (χ4v) is 4.82. The highest BCUT2D eigenvalue weighted by molar-refractivity contribution is 5.92. The minimum atomic E-state index is -0.772. The second-order valence-electron chi connectivity index (χ2n) is 11.8. The second kappa shape index (κ2) is 13.2. The van der Waals surface area contributed by atoms with Crippen LogP contribution in [0.5, 0.6) is 0 Å². The van der Waals surface area contributed by atoms with E-state index in [9.17, 15) is 14.4 Å². The van der Waals surface area contributed by atoms with Crippen molar-refractivity contribution >= 4 is 17.8 Å². The fraction of sp³-hybridized carbons (Fsp3) is 0.633. The van der Waals surface area contributed by atoms with Crippen LogP contribution >= 0.6 is 0 Å². The van der Waals surface area contributed by atoms with Gasteiger partial charge in [0.25, 0.3) is 0 Å². The largest absolute Gasteiger partial charge is 0.463 e. The standard InChI is InChI=1S/C30H49N3O4/c1-13-37-28(36)21(5)18-23(19(2)3)33(12)27(35)25(29(6,7)8)32-26(34)24(31-11)30(9,10)22-17-15-14-16-20(22)4/h14-19,23-25,31H,13H2,1-12H3,(H,32,34)/b21-18+/t23-,24-,25-/m1/s1. The molecule has 0 aromatic heterocycles. The third kappa shape index (κ3) is 8.16. The van der Waals surface area contributed by atoms with Gasteiger partial charge in [-0.25, -0.2) is 4.79 Å². The molecular formula is C30H49N3O4. The summed E-state index contributed by atoms with van der Waals surface area (Å²) in [5, 5.41) is 6.26. The maximum absolute atomic E-state index is 13.9. The first-order valence-corrected chi connectivity index (χ1v) is 13.2. The molecule has 2 amide bonds. The number of carbonyl (C=O) groups is 3. The molecule has 2 N–H and O–H groups in total. The Morgan fingerprint density at radius 2 is 1.62 bits per heavy atom. The molecule has 0 heterocycles. The Morgan fingerprint density at radius 3 is 2.08 bits per heavy atom. The first-order valence-electron chi connectivity index (χ1n) is 13.2. The number of esters is 1. The Morgan fingerprint density at radius 1 is 1.05 bits per heavy atom. The molecule has 0 saturated heterocycles. The van der Waals surface area contributed by atoms with Gasteiger partial charge >= 0.3 is 5.97 Å². The Hall–Kier alpha value is -2.67. The number of hydrogen-bond donors (Lipinski definition) is 2. The number of likely N-dealkylation sites (N-methyl/N-ethyl adjacent to an activating group) is 2. The highest BCUT2D eigenvalue weighted by Gasteiger charge is 2.42. The van der Waals surface area contributed by atoms with E-state index in [2.05, 4.69) is 10.6 Å². The lowest BCUT2D eigenvalue weighted by atomic mass is 9.75. The van der Waals surface area contributed by atoms with Gasteiger partial charge in [0, 0.05) is 18.0 Å². The topological polar surface area (TPSA) is 87.7 Å². The van der Waals surface area contributed by atoms with Gasteiger partial charge in [-0.2, -0.15) is 0 Å². The van der Waals surface area contributed by atoms with Crippen molar-refractivity contribution in [2.45, 2.75) is 92.8 Å². The molecule has 0 aliphatic carbocycles. The van der Waals surface area contributed by atoms with Gasteiger partial charge in [0.2, 0.25) is 11.8 Å². The molecule has 0 fully saturated rings. The molecule has 7 nitrogen and oxygen atoms in total. The van der Waals surface area contributed by atoms with Crippen LogP contribution in [-0.4, -0.2) is 61.5 Å². The van der Waals surface area contributed by atoms with Gasteiger partial charge in [-0.3, -0.25) is 9.59 Å². The first-order chi connectivity index (χ1) is 17.0. The molecule has 0 bridgehead atoms. The number of nitrogens with zero attached hydrogens (tertiary/aromatic N) is 1. The summed E-state index contributed by atoms with van der Waals surface area (Å²) in [6.45, 7) is 19.7. The van der Waals surface area contributed by atoms with E-state index in [4.69, 9.17) is 4.74 Å². The highest BCUT2D eigenvalue weighted by Crippen LogP contribution is 2.31. The van der Waals surface area contributed by atoms with Crippen LogP contribution in [0.25, 0.3) is 0 Å². The van der Waals surface area contributed by atoms with Crippen molar-refractivity contribution in [2.75, 3.05) is 20.7 Å². The lowest BCUT2D eigenvalue weighted by Gasteiger charge is -2.40. The van der Waals surface area contributed by atoms with Crippen molar-refractivity contribution in [1.29, 1.82) is 0 Å². The predicted octanol–water partition coefficient (Wildman–Crippen LogP) is 4.38. The van der Waals surface area contributed by atoms with Crippen molar-refractivity contribution in [2.24, 2.45) is 11.3 Å². The van der Waals surface area contributed by atoms with E-state index in [1.54, 1.807) is 38.9 Å². The third-order valence-corrected chi connectivity index (χ3v) is 7.01. The van der Waals surface area contributed by atoms with Gasteiger partial charge in [-0.15, -0.1) is 0 Å². The Bertz CT molecular complexity index is 975. The molecule has 0 aliphatic rings. The van der Waals surface area contributed by atoms with Crippen LogP contribution in [0.3, 0.4) is 0 Å². The Labute approximate surface area is 224 Å². The van der Waals surface area contributed by atoms with E-state index < -0.39 is 28.9 Å². The number of aryl methyl sites for hydroxylation is 1. The monoisotopic (exact) mass is 515 g/mol. The van der Waals surface area contributed by atoms with E-state index >= 15 is 0 Å². The van der Waals surface area contributed by atoms with Crippen LogP contribution in [0, 0.1) is 18.3 Å². The van der Waals surface area contributed by atoms with Crippen LogP contribution in [-0.2, 0) is 24.5 Å². The molecule has 37 heavy (non-hydrogen) atoms. The minimum absolute atomic E-state index is 0.0414. The van der Waals surface area contributed by atoms with E-state index in [0.717, 1.165) is 11.1 Å². The first kappa shape index (κ1) is 32.4.